The Hall–Kier alpha value is -2.90. The molecular formula is C14H16N4O4. The van der Waals surface area contributed by atoms with Crippen LogP contribution in [0.4, 0.5) is 5.69 Å². The molecule has 0 bridgehead atoms. The number of hydrogen-bond acceptors (Lipinski definition) is 5. The SMILES string of the molecule is CCOc1ccccc1NC(=O)C(C)n1cc(C(=O)O)nn1. The predicted octanol–water partition coefficient (Wildman–Crippen LogP) is 1.57. The summed E-state index contributed by atoms with van der Waals surface area (Å²) in [4.78, 5) is 23.0. The van der Waals surface area contributed by atoms with E-state index in [9.17, 15) is 9.59 Å². The van der Waals surface area contributed by atoms with Crippen LogP contribution in [0.25, 0.3) is 0 Å². The topological polar surface area (TPSA) is 106 Å². The Morgan fingerprint density at radius 3 is 2.77 bits per heavy atom. The number of aromatic nitrogens is 3. The maximum atomic E-state index is 12.2. The summed E-state index contributed by atoms with van der Waals surface area (Å²) in [6, 6.07) is 6.35. The Morgan fingerprint density at radius 1 is 1.41 bits per heavy atom. The zero-order valence-electron chi connectivity index (χ0n) is 12.2. The molecule has 1 amide bonds. The lowest BCUT2D eigenvalue weighted by atomic mass is 10.2. The third kappa shape index (κ3) is 3.40. The molecule has 0 aliphatic carbocycles. The fourth-order valence-electron chi connectivity index (χ4n) is 1.77. The highest BCUT2D eigenvalue weighted by Gasteiger charge is 2.19. The van der Waals surface area contributed by atoms with Gasteiger partial charge in [-0.2, -0.15) is 0 Å². The number of para-hydroxylation sites is 2. The molecule has 2 rings (SSSR count). The van der Waals surface area contributed by atoms with Gasteiger partial charge in [-0.15, -0.1) is 5.10 Å². The number of nitrogens with one attached hydrogen (secondary N) is 1. The number of carbonyl (C=O) groups is 2. The predicted molar refractivity (Wildman–Crippen MR) is 77.9 cm³/mol. The molecule has 1 aromatic heterocycles. The molecule has 0 aliphatic rings. The van der Waals surface area contributed by atoms with E-state index in [1.54, 1.807) is 31.2 Å². The van der Waals surface area contributed by atoms with Crippen LogP contribution < -0.4 is 10.1 Å². The van der Waals surface area contributed by atoms with Crippen LogP contribution >= 0.6 is 0 Å². The van der Waals surface area contributed by atoms with E-state index in [0.717, 1.165) is 0 Å². The first kappa shape index (κ1) is 15.5. The van der Waals surface area contributed by atoms with Crippen LogP contribution in [0.1, 0.15) is 30.4 Å². The van der Waals surface area contributed by atoms with Gasteiger partial charge in [-0.05, 0) is 26.0 Å². The molecule has 0 spiro atoms. The molecule has 1 heterocycles. The van der Waals surface area contributed by atoms with Crippen molar-refractivity contribution >= 4 is 17.6 Å². The van der Waals surface area contributed by atoms with Crippen LogP contribution in [0.5, 0.6) is 5.75 Å². The van der Waals surface area contributed by atoms with Crippen LogP contribution in [0, 0.1) is 0 Å². The third-order valence-electron chi connectivity index (χ3n) is 2.95. The minimum Gasteiger partial charge on any atom is -0.492 e. The molecule has 1 aromatic carbocycles. The zero-order chi connectivity index (χ0) is 16.1. The molecule has 0 radical (unpaired) electrons. The highest BCUT2D eigenvalue weighted by molar-refractivity contribution is 5.94. The number of rotatable bonds is 6. The Labute approximate surface area is 126 Å². The second-order valence-electron chi connectivity index (χ2n) is 4.48. The molecule has 0 saturated heterocycles. The summed E-state index contributed by atoms with van der Waals surface area (Å²) < 4.78 is 6.63. The zero-order valence-corrected chi connectivity index (χ0v) is 12.2. The fraction of sp³-hybridized carbons (Fsp3) is 0.286. The summed E-state index contributed by atoms with van der Waals surface area (Å²) in [6.45, 7) is 3.93. The number of hydrogen-bond donors (Lipinski definition) is 2. The second kappa shape index (κ2) is 6.70. The van der Waals surface area contributed by atoms with Crippen molar-refractivity contribution in [2.24, 2.45) is 0 Å². The number of ether oxygens (including phenoxy) is 1. The van der Waals surface area contributed by atoms with E-state index in [1.165, 1.54) is 10.9 Å². The van der Waals surface area contributed by atoms with Gasteiger partial charge in [-0.25, -0.2) is 9.48 Å². The van der Waals surface area contributed by atoms with Gasteiger partial charge in [0.15, 0.2) is 5.69 Å². The lowest BCUT2D eigenvalue weighted by Gasteiger charge is -2.14. The maximum absolute atomic E-state index is 12.2. The lowest BCUT2D eigenvalue weighted by Crippen LogP contribution is -2.24. The molecule has 2 N–H and O–H groups in total. The van der Waals surface area contributed by atoms with Gasteiger partial charge in [0, 0.05) is 0 Å². The highest BCUT2D eigenvalue weighted by Crippen LogP contribution is 2.24. The van der Waals surface area contributed by atoms with E-state index in [1.807, 2.05) is 6.92 Å². The summed E-state index contributed by atoms with van der Waals surface area (Å²) in [7, 11) is 0. The van der Waals surface area contributed by atoms with Gasteiger partial charge in [0.1, 0.15) is 11.8 Å². The first-order valence-corrected chi connectivity index (χ1v) is 6.70. The number of amides is 1. The first-order chi connectivity index (χ1) is 10.5. The molecule has 22 heavy (non-hydrogen) atoms. The van der Waals surface area contributed by atoms with Crippen LogP contribution in [0.15, 0.2) is 30.5 Å². The summed E-state index contributed by atoms with van der Waals surface area (Å²) in [5.74, 6) is -0.982. The molecule has 0 fully saturated rings. The molecule has 1 unspecified atom stereocenters. The summed E-state index contributed by atoms with van der Waals surface area (Å²) in [6.07, 6.45) is 1.21. The number of benzene rings is 1. The first-order valence-electron chi connectivity index (χ1n) is 6.70. The Balaban J connectivity index is 2.12. The quantitative estimate of drug-likeness (QED) is 0.839. The minimum absolute atomic E-state index is 0.214. The van der Waals surface area contributed by atoms with Crippen LogP contribution in [0.2, 0.25) is 0 Å². The van der Waals surface area contributed by atoms with Crippen LogP contribution in [-0.2, 0) is 4.79 Å². The number of carbonyl (C=O) groups excluding carboxylic acids is 1. The average molecular weight is 304 g/mol. The van der Waals surface area contributed by atoms with Crippen LogP contribution in [-0.4, -0.2) is 38.6 Å². The van der Waals surface area contributed by atoms with Gasteiger partial charge < -0.3 is 15.2 Å². The van der Waals surface area contributed by atoms with Crippen molar-refractivity contribution in [2.75, 3.05) is 11.9 Å². The fourth-order valence-corrected chi connectivity index (χ4v) is 1.77. The smallest absolute Gasteiger partial charge is 0.358 e. The number of carboxylic acid groups (broad SMARTS) is 1. The molecule has 2 aromatic rings. The summed E-state index contributed by atoms with van der Waals surface area (Å²) in [5.41, 5.74) is 0.328. The minimum atomic E-state index is -1.19. The van der Waals surface area contributed by atoms with Gasteiger partial charge >= 0.3 is 5.97 Å². The van der Waals surface area contributed by atoms with E-state index >= 15 is 0 Å². The molecule has 116 valence electrons. The van der Waals surface area contributed by atoms with Gasteiger partial charge in [0.25, 0.3) is 0 Å². The Kier molecular flexibility index (Phi) is 4.72. The monoisotopic (exact) mass is 304 g/mol. The van der Waals surface area contributed by atoms with Crippen molar-refractivity contribution in [3.05, 3.63) is 36.2 Å². The Morgan fingerprint density at radius 2 is 2.14 bits per heavy atom. The maximum Gasteiger partial charge on any atom is 0.358 e. The number of anilines is 1. The lowest BCUT2D eigenvalue weighted by molar-refractivity contribution is -0.119. The van der Waals surface area contributed by atoms with Gasteiger partial charge in [0.05, 0.1) is 18.5 Å². The largest absolute Gasteiger partial charge is 0.492 e. The van der Waals surface area contributed by atoms with E-state index in [-0.39, 0.29) is 11.6 Å². The number of nitrogens with zero attached hydrogens (tertiary/aromatic N) is 3. The van der Waals surface area contributed by atoms with E-state index in [0.29, 0.717) is 18.0 Å². The standard InChI is InChI=1S/C14H16N4O4/c1-3-22-12-7-5-4-6-10(12)15-13(19)9(2)18-8-11(14(20)21)16-17-18/h4-9H,3H2,1-2H3,(H,15,19)(H,20,21). The number of carboxylic acids is 1. The van der Waals surface area contributed by atoms with Gasteiger partial charge in [0.2, 0.25) is 5.91 Å². The van der Waals surface area contributed by atoms with Crippen molar-refractivity contribution in [3.8, 4) is 5.75 Å². The molecular weight excluding hydrogens is 288 g/mol. The molecule has 0 saturated carbocycles. The highest BCUT2D eigenvalue weighted by atomic mass is 16.5. The van der Waals surface area contributed by atoms with Crippen molar-refractivity contribution in [3.63, 3.8) is 0 Å². The number of aromatic carboxylic acids is 1. The van der Waals surface area contributed by atoms with Crippen LogP contribution in [0.3, 0.4) is 0 Å². The van der Waals surface area contributed by atoms with Gasteiger partial charge in [-0.3, -0.25) is 4.79 Å². The normalized spacial score (nSPS) is 11.7. The van der Waals surface area contributed by atoms with Crippen molar-refractivity contribution in [1.29, 1.82) is 0 Å². The van der Waals surface area contributed by atoms with E-state index in [4.69, 9.17) is 9.84 Å². The third-order valence-corrected chi connectivity index (χ3v) is 2.95. The summed E-state index contributed by atoms with van der Waals surface area (Å²) >= 11 is 0. The summed E-state index contributed by atoms with van der Waals surface area (Å²) in [5, 5.41) is 18.7. The van der Waals surface area contributed by atoms with Crippen molar-refractivity contribution < 1.29 is 19.4 Å². The van der Waals surface area contributed by atoms with E-state index in [2.05, 4.69) is 15.6 Å². The molecule has 8 nitrogen and oxygen atoms in total. The molecule has 8 heteroatoms. The molecule has 0 aliphatic heterocycles. The van der Waals surface area contributed by atoms with E-state index < -0.39 is 12.0 Å². The average Bonchev–Trinajstić information content (AvgIpc) is 2.98. The van der Waals surface area contributed by atoms with Crippen molar-refractivity contribution in [1.82, 2.24) is 15.0 Å². The second-order valence-corrected chi connectivity index (χ2v) is 4.48. The van der Waals surface area contributed by atoms with Crippen molar-refractivity contribution in [2.45, 2.75) is 19.9 Å². The van der Waals surface area contributed by atoms with Gasteiger partial charge in [-0.1, -0.05) is 17.3 Å². The molecule has 1 atom stereocenters. The Bertz CT molecular complexity index is 683.